The van der Waals surface area contributed by atoms with Gasteiger partial charge in [-0.25, -0.2) is 9.97 Å². The molecule has 2 aromatic heterocycles. The Morgan fingerprint density at radius 1 is 1.31 bits per heavy atom. The van der Waals surface area contributed by atoms with Crippen molar-refractivity contribution in [2.45, 2.75) is 26.4 Å². The van der Waals surface area contributed by atoms with Gasteiger partial charge in [0.25, 0.3) is 0 Å². The van der Waals surface area contributed by atoms with Gasteiger partial charge in [0.15, 0.2) is 0 Å². The summed E-state index contributed by atoms with van der Waals surface area (Å²) in [5.41, 5.74) is 3.70. The minimum atomic E-state index is -0.210. The molecule has 1 aliphatic heterocycles. The number of hydrogen-bond donors (Lipinski definition) is 0. The molecule has 0 bridgehead atoms. The highest BCUT2D eigenvalue weighted by molar-refractivity contribution is 5.88. The molecule has 1 amide bonds. The smallest absolute Gasteiger partial charge is 0.227 e. The Hall–Kier alpha value is -2.73. The van der Waals surface area contributed by atoms with E-state index in [1.54, 1.807) is 12.5 Å². The van der Waals surface area contributed by atoms with Crippen LogP contribution in [0.3, 0.4) is 0 Å². The van der Waals surface area contributed by atoms with Crippen LogP contribution in [0.4, 0.5) is 0 Å². The second-order valence-electron chi connectivity index (χ2n) is 6.67. The van der Waals surface area contributed by atoms with Crippen molar-refractivity contribution in [3.8, 4) is 0 Å². The van der Waals surface area contributed by atoms with Crippen molar-refractivity contribution in [1.29, 1.82) is 0 Å². The summed E-state index contributed by atoms with van der Waals surface area (Å²) < 4.78 is 11.4. The predicted molar refractivity (Wildman–Crippen MR) is 96.7 cm³/mol. The van der Waals surface area contributed by atoms with Crippen molar-refractivity contribution in [3.05, 3.63) is 59.4 Å². The van der Waals surface area contributed by atoms with E-state index in [0.29, 0.717) is 31.9 Å². The summed E-state index contributed by atoms with van der Waals surface area (Å²) in [5.74, 6) is 0.780. The Morgan fingerprint density at radius 3 is 3.04 bits per heavy atom. The molecule has 1 atom stereocenters. The number of carbonyl (C=O) groups excluding carboxylic acids is 1. The van der Waals surface area contributed by atoms with Crippen LogP contribution < -0.4 is 0 Å². The monoisotopic (exact) mass is 351 g/mol. The van der Waals surface area contributed by atoms with E-state index in [0.717, 1.165) is 27.8 Å². The number of nitrogens with zero attached hydrogens (tertiary/aromatic N) is 3. The molecule has 1 aliphatic rings. The first-order chi connectivity index (χ1) is 12.6. The van der Waals surface area contributed by atoms with Crippen molar-refractivity contribution in [1.82, 2.24) is 14.9 Å². The quantitative estimate of drug-likeness (QED) is 0.726. The van der Waals surface area contributed by atoms with Crippen molar-refractivity contribution < 1.29 is 13.9 Å². The van der Waals surface area contributed by atoms with Gasteiger partial charge in [0.2, 0.25) is 5.91 Å². The SMILES string of the molecule is Cc1ccc2c(CC(=O)N3CCO[C@@H](c4ccnc(C)n4)C3)coc2c1. The molecule has 0 spiro atoms. The summed E-state index contributed by atoms with van der Waals surface area (Å²) in [4.78, 5) is 23.2. The summed E-state index contributed by atoms with van der Waals surface area (Å²) in [6.07, 6.45) is 3.53. The van der Waals surface area contributed by atoms with E-state index >= 15 is 0 Å². The van der Waals surface area contributed by atoms with Gasteiger partial charge in [0.05, 0.1) is 31.5 Å². The Kier molecular flexibility index (Phi) is 4.42. The number of hydrogen-bond acceptors (Lipinski definition) is 5. The van der Waals surface area contributed by atoms with Crippen molar-refractivity contribution >= 4 is 16.9 Å². The molecule has 1 aromatic carbocycles. The minimum absolute atomic E-state index is 0.0763. The number of furan rings is 1. The van der Waals surface area contributed by atoms with Gasteiger partial charge >= 0.3 is 0 Å². The molecule has 6 nitrogen and oxygen atoms in total. The van der Waals surface area contributed by atoms with Crippen LogP contribution >= 0.6 is 0 Å². The third kappa shape index (κ3) is 3.32. The van der Waals surface area contributed by atoms with Crippen LogP contribution in [0.1, 0.15) is 28.7 Å². The summed E-state index contributed by atoms with van der Waals surface area (Å²) in [6.45, 7) is 5.47. The van der Waals surface area contributed by atoms with Crippen LogP contribution in [0.25, 0.3) is 11.0 Å². The van der Waals surface area contributed by atoms with Crippen LogP contribution in [0.5, 0.6) is 0 Å². The van der Waals surface area contributed by atoms with E-state index in [-0.39, 0.29) is 12.0 Å². The van der Waals surface area contributed by atoms with Gasteiger partial charge < -0.3 is 14.1 Å². The lowest BCUT2D eigenvalue weighted by Gasteiger charge is -2.32. The third-order valence-electron chi connectivity index (χ3n) is 4.70. The lowest BCUT2D eigenvalue weighted by molar-refractivity contribution is -0.138. The number of ether oxygens (including phenoxy) is 1. The Labute approximate surface area is 151 Å². The van der Waals surface area contributed by atoms with Crippen LogP contribution in [0.15, 0.2) is 41.1 Å². The highest BCUT2D eigenvalue weighted by atomic mass is 16.5. The molecule has 26 heavy (non-hydrogen) atoms. The molecular weight excluding hydrogens is 330 g/mol. The average Bonchev–Trinajstić information content (AvgIpc) is 3.03. The zero-order valence-corrected chi connectivity index (χ0v) is 14.9. The molecule has 0 aliphatic carbocycles. The number of amides is 1. The molecule has 134 valence electrons. The number of fused-ring (bicyclic) bond motifs is 1. The lowest BCUT2D eigenvalue weighted by atomic mass is 10.1. The summed E-state index contributed by atoms with van der Waals surface area (Å²) in [6, 6.07) is 7.89. The molecule has 3 heterocycles. The van der Waals surface area contributed by atoms with Crippen molar-refractivity contribution in [2.75, 3.05) is 19.7 Å². The first-order valence-electron chi connectivity index (χ1n) is 8.76. The molecule has 0 saturated carbocycles. The van der Waals surface area contributed by atoms with Crippen LogP contribution in [-0.2, 0) is 16.0 Å². The van der Waals surface area contributed by atoms with Gasteiger partial charge in [-0.2, -0.15) is 0 Å². The van der Waals surface area contributed by atoms with Gasteiger partial charge in [-0.15, -0.1) is 0 Å². The summed E-state index contributed by atoms with van der Waals surface area (Å²) >= 11 is 0. The maximum absolute atomic E-state index is 12.8. The fraction of sp³-hybridized carbons (Fsp3) is 0.350. The normalized spacial score (nSPS) is 17.6. The molecule has 4 rings (SSSR count). The van der Waals surface area contributed by atoms with Crippen LogP contribution in [0.2, 0.25) is 0 Å². The minimum Gasteiger partial charge on any atom is -0.464 e. The van der Waals surface area contributed by atoms with E-state index in [4.69, 9.17) is 9.15 Å². The summed E-state index contributed by atoms with van der Waals surface area (Å²) in [5, 5.41) is 1.00. The third-order valence-corrected chi connectivity index (χ3v) is 4.70. The largest absolute Gasteiger partial charge is 0.464 e. The van der Waals surface area contributed by atoms with Gasteiger partial charge in [-0.3, -0.25) is 4.79 Å². The highest BCUT2D eigenvalue weighted by Crippen LogP contribution is 2.25. The molecule has 3 aromatic rings. The Morgan fingerprint density at radius 2 is 2.19 bits per heavy atom. The molecule has 6 heteroatoms. The van der Waals surface area contributed by atoms with Crippen LogP contribution in [-0.4, -0.2) is 40.5 Å². The number of aryl methyl sites for hydroxylation is 2. The second-order valence-corrected chi connectivity index (χ2v) is 6.67. The fourth-order valence-electron chi connectivity index (χ4n) is 3.31. The summed E-state index contributed by atoms with van der Waals surface area (Å²) in [7, 11) is 0. The molecule has 1 saturated heterocycles. The van der Waals surface area contributed by atoms with E-state index < -0.39 is 0 Å². The second kappa shape index (κ2) is 6.88. The highest BCUT2D eigenvalue weighted by Gasteiger charge is 2.27. The van der Waals surface area contributed by atoms with Gasteiger partial charge in [0, 0.05) is 23.7 Å². The first kappa shape index (κ1) is 16.7. The van der Waals surface area contributed by atoms with Crippen molar-refractivity contribution in [2.24, 2.45) is 0 Å². The van der Waals surface area contributed by atoms with Gasteiger partial charge in [-0.1, -0.05) is 12.1 Å². The van der Waals surface area contributed by atoms with Gasteiger partial charge in [-0.05, 0) is 31.5 Å². The van der Waals surface area contributed by atoms with E-state index in [1.165, 1.54) is 0 Å². The standard InChI is InChI=1S/C20H21N3O3/c1-13-3-4-16-15(12-26-18(16)9-13)10-20(24)23-7-8-25-19(11-23)17-5-6-21-14(2)22-17/h3-6,9,12,19H,7-8,10-11H2,1-2H3/t19-/m1/s1. The molecule has 0 radical (unpaired) electrons. The van der Waals surface area contributed by atoms with Gasteiger partial charge in [0.1, 0.15) is 17.5 Å². The van der Waals surface area contributed by atoms with Crippen molar-refractivity contribution in [3.63, 3.8) is 0 Å². The zero-order valence-electron chi connectivity index (χ0n) is 14.9. The fourth-order valence-corrected chi connectivity index (χ4v) is 3.31. The number of rotatable bonds is 3. The lowest BCUT2D eigenvalue weighted by Crippen LogP contribution is -2.43. The van der Waals surface area contributed by atoms with E-state index in [2.05, 4.69) is 9.97 Å². The average molecular weight is 351 g/mol. The number of aromatic nitrogens is 2. The first-order valence-corrected chi connectivity index (χ1v) is 8.76. The maximum atomic E-state index is 12.8. The van der Waals surface area contributed by atoms with E-state index in [1.807, 2.05) is 43.0 Å². The molecule has 1 fully saturated rings. The Bertz CT molecular complexity index is 950. The maximum Gasteiger partial charge on any atom is 0.227 e. The van der Waals surface area contributed by atoms with E-state index in [9.17, 15) is 4.79 Å². The topological polar surface area (TPSA) is 68.5 Å². The molecule has 0 N–H and O–H groups in total. The number of benzene rings is 1. The van der Waals surface area contributed by atoms with Crippen LogP contribution in [0, 0.1) is 13.8 Å². The number of carbonyl (C=O) groups is 1. The predicted octanol–water partition coefficient (Wildman–Crippen LogP) is 2.98. The Balaban J connectivity index is 1.49. The zero-order chi connectivity index (χ0) is 18.1. The number of morpholine rings is 1. The molecule has 0 unspecified atom stereocenters. The molecular formula is C20H21N3O3.